The van der Waals surface area contributed by atoms with Crippen LogP contribution in [0.1, 0.15) is 25.0 Å². The van der Waals surface area contributed by atoms with Gasteiger partial charge in [0.25, 0.3) is 0 Å². The van der Waals surface area contributed by atoms with Crippen LogP contribution in [0.25, 0.3) is 37.9 Å². The Kier molecular flexibility index (Phi) is 3.65. The van der Waals surface area contributed by atoms with E-state index >= 15 is 0 Å². The fraction of sp³-hybridized carbons (Fsp3) is 0.263. The van der Waals surface area contributed by atoms with Crippen LogP contribution in [0.15, 0.2) is 28.7 Å². The molecule has 1 aliphatic carbocycles. The molecule has 0 amide bonds. The van der Waals surface area contributed by atoms with Crippen molar-refractivity contribution < 1.29 is 4.55 Å². The maximum Gasteiger partial charge on any atom is 0.234 e. The van der Waals surface area contributed by atoms with Gasteiger partial charge in [0, 0.05) is 34.5 Å². The lowest BCUT2D eigenvalue weighted by Crippen LogP contribution is -2.28. The summed E-state index contributed by atoms with van der Waals surface area (Å²) in [5.74, 6) is 0.227. The van der Waals surface area contributed by atoms with E-state index in [1.807, 2.05) is 19.1 Å². The molecule has 29 heavy (non-hydrogen) atoms. The zero-order valence-electron chi connectivity index (χ0n) is 15.5. The summed E-state index contributed by atoms with van der Waals surface area (Å²) in [4.78, 5) is 13.9. The Balaban J connectivity index is 1.68. The minimum absolute atomic E-state index is 0.227. The number of anilines is 1. The van der Waals surface area contributed by atoms with Crippen LogP contribution in [-0.2, 0) is 11.2 Å². The highest BCUT2D eigenvalue weighted by molar-refractivity contribution is 7.94. The average molecular weight is 424 g/mol. The van der Waals surface area contributed by atoms with Gasteiger partial charge in [-0.05, 0) is 38.3 Å². The van der Waals surface area contributed by atoms with E-state index in [1.165, 1.54) is 11.3 Å². The third-order valence-corrected chi connectivity index (χ3v) is 8.73. The first-order valence-corrected chi connectivity index (χ1v) is 11.4. The predicted octanol–water partition coefficient (Wildman–Crippen LogP) is 3.43. The minimum Gasteiger partial charge on any atom is -0.611 e. The monoisotopic (exact) mass is 423 g/mol. The zero-order chi connectivity index (χ0) is 19.7. The first kappa shape index (κ1) is 17.2. The molecule has 3 N–H and O–H groups in total. The summed E-state index contributed by atoms with van der Waals surface area (Å²) < 4.78 is 15.8. The highest BCUT2D eigenvalue weighted by Crippen LogP contribution is 2.43. The van der Waals surface area contributed by atoms with Crippen molar-refractivity contribution in [2.45, 2.75) is 35.6 Å². The third kappa shape index (κ3) is 2.56. The fourth-order valence-electron chi connectivity index (χ4n) is 3.76. The van der Waals surface area contributed by atoms with Gasteiger partial charge in [0.1, 0.15) is 15.6 Å². The van der Waals surface area contributed by atoms with Gasteiger partial charge in [-0.15, -0.1) is 0 Å². The summed E-state index contributed by atoms with van der Waals surface area (Å²) >= 11 is 0.448. The van der Waals surface area contributed by atoms with Crippen LogP contribution in [0, 0.1) is 6.92 Å². The molecule has 0 aromatic carbocycles. The molecule has 1 saturated carbocycles. The van der Waals surface area contributed by atoms with Crippen molar-refractivity contribution in [3.8, 4) is 11.3 Å². The number of hydrogen-bond donors (Lipinski definition) is 2. The molecule has 0 bridgehead atoms. The quantitative estimate of drug-likeness (QED) is 0.429. The summed E-state index contributed by atoms with van der Waals surface area (Å²) in [6.07, 6.45) is 6.53. The number of aromatic nitrogens is 6. The normalized spacial score (nSPS) is 16.1. The second-order valence-corrected chi connectivity index (χ2v) is 10.3. The van der Waals surface area contributed by atoms with Crippen molar-refractivity contribution in [1.29, 1.82) is 0 Å². The molecule has 1 fully saturated rings. The first-order chi connectivity index (χ1) is 14.1. The second kappa shape index (κ2) is 6.15. The predicted molar refractivity (Wildman–Crippen MR) is 114 cm³/mol. The second-order valence-electron chi connectivity index (χ2n) is 7.37. The molecule has 5 heterocycles. The van der Waals surface area contributed by atoms with Crippen LogP contribution in [0.4, 0.5) is 5.95 Å². The maximum atomic E-state index is 13.2. The molecule has 8 nitrogen and oxygen atoms in total. The lowest BCUT2D eigenvalue weighted by Gasteiger charge is -2.26. The van der Waals surface area contributed by atoms with Gasteiger partial charge in [-0.1, -0.05) is 11.3 Å². The highest BCUT2D eigenvalue weighted by Gasteiger charge is 2.35. The van der Waals surface area contributed by atoms with Crippen molar-refractivity contribution in [2.75, 3.05) is 5.73 Å². The Morgan fingerprint density at radius 3 is 2.79 bits per heavy atom. The molecule has 10 heteroatoms. The van der Waals surface area contributed by atoms with E-state index in [9.17, 15) is 4.55 Å². The summed E-state index contributed by atoms with van der Waals surface area (Å²) in [6, 6.07) is 4.06. The van der Waals surface area contributed by atoms with Crippen LogP contribution in [0.3, 0.4) is 0 Å². The van der Waals surface area contributed by atoms with Crippen molar-refractivity contribution >= 4 is 55.1 Å². The first-order valence-electron chi connectivity index (χ1n) is 9.38. The van der Waals surface area contributed by atoms with Crippen LogP contribution < -0.4 is 5.73 Å². The number of aromatic amines is 1. The molecular weight excluding hydrogens is 406 g/mol. The van der Waals surface area contributed by atoms with E-state index in [1.54, 1.807) is 17.0 Å². The molecule has 6 rings (SSSR count). The Hall–Kier alpha value is -2.69. The van der Waals surface area contributed by atoms with Crippen molar-refractivity contribution in [2.24, 2.45) is 0 Å². The molecule has 1 unspecified atom stereocenters. The molecule has 0 spiro atoms. The van der Waals surface area contributed by atoms with Crippen molar-refractivity contribution in [3.05, 3.63) is 30.2 Å². The number of pyridine rings is 1. The van der Waals surface area contributed by atoms with E-state index in [0.717, 1.165) is 67.1 Å². The highest BCUT2D eigenvalue weighted by atomic mass is 32.2. The summed E-state index contributed by atoms with van der Waals surface area (Å²) in [7, 11) is 0. The van der Waals surface area contributed by atoms with Crippen molar-refractivity contribution in [3.63, 3.8) is 0 Å². The van der Waals surface area contributed by atoms with Gasteiger partial charge in [-0.3, -0.25) is 5.10 Å². The van der Waals surface area contributed by atoms with Gasteiger partial charge in [0.15, 0.2) is 0 Å². The number of hydrogen-bond acceptors (Lipinski definition) is 7. The number of nitrogen functional groups attached to an aromatic ring is 1. The fourth-order valence-corrected chi connectivity index (χ4v) is 7.03. The van der Waals surface area contributed by atoms with E-state index in [2.05, 4.69) is 20.2 Å². The number of fused-ring (bicyclic) bond motifs is 2. The Labute approximate surface area is 172 Å². The largest absolute Gasteiger partial charge is 0.611 e. The Morgan fingerprint density at radius 2 is 2.07 bits per heavy atom. The standard InChI is InChI=1S/C19H17N7OS2/c1-9-5-14-12-6-13(10-7-21-19(20)22-8-10)23-17-15(12)16(25-26(14)24-9)18(28-17)29(27)11-3-2-4-11/h5-8,11,25H,2-4H2,1H3,(H2,20,21,22). The lowest BCUT2D eigenvalue weighted by molar-refractivity contribution is 0.478. The molecule has 0 saturated heterocycles. The number of rotatable bonds is 3. The van der Waals surface area contributed by atoms with Crippen LogP contribution >= 0.6 is 11.3 Å². The Bertz CT molecular complexity index is 1380. The number of thiophene rings is 1. The van der Waals surface area contributed by atoms with E-state index in [0.29, 0.717) is 0 Å². The molecule has 1 atom stereocenters. The maximum absolute atomic E-state index is 13.2. The van der Waals surface area contributed by atoms with Gasteiger partial charge in [0.05, 0.1) is 22.3 Å². The van der Waals surface area contributed by atoms with Gasteiger partial charge in [-0.2, -0.15) is 9.73 Å². The average Bonchev–Trinajstić information content (AvgIpc) is 3.22. The number of aryl methyl sites for hydroxylation is 1. The van der Waals surface area contributed by atoms with Gasteiger partial charge < -0.3 is 10.3 Å². The molecule has 5 aromatic heterocycles. The molecule has 146 valence electrons. The lowest BCUT2D eigenvalue weighted by atomic mass is 10.0. The number of nitrogens with zero attached hydrogens (tertiary/aromatic N) is 5. The van der Waals surface area contributed by atoms with Gasteiger partial charge in [0.2, 0.25) is 10.2 Å². The topological polar surface area (TPSA) is 121 Å². The Morgan fingerprint density at radius 1 is 1.28 bits per heavy atom. The van der Waals surface area contributed by atoms with Gasteiger partial charge in [-0.25, -0.2) is 15.0 Å². The molecule has 1 aliphatic rings. The molecular formula is C19H17N7OS2. The summed E-state index contributed by atoms with van der Waals surface area (Å²) in [6.45, 7) is 1.96. The van der Waals surface area contributed by atoms with Crippen molar-refractivity contribution in [1.82, 2.24) is 29.8 Å². The summed E-state index contributed by atoms with van der Waals surface area (Å²) in [5.41, 5.74) is 9.91. The van der Waals surface area contributed by atoms with Gasteiger partial charge >= 0.3 is 0 Å². The minimum atomic E-state index is -1.05. The van der Waals surface area contributed by atoms with Crippen LogP contribution in [0.2, 0.25) is 0 Å². The number of nitrogens with two attached hydrogens (primary N) is 1. The number of nitrogens with one attached hydrogen (secondary N) is 1. The third-order valence-electron chi connectivity index (χ3n) is 5.46. The molecule has 0 radical (unpaired) electrons. The van der Waals surface area contributed by atoms with E-state index in [4.69, 9.17) is 10.7 Å². The van der Waals surface area contributed by atoms with Crippen LogP contribution in [0.5, 0.6) is 0 Å². The SMILES string of the molecule is Cc1cc2c3cc(-c4cnc(N)nc4)nc4sc([S+]([O-])C5CCC5)c([nH]n2n1)c43. The smallest absolute Gasteiger partial charge is 0.234 e. The zero-order valence-corrected chi connectivity index (χ0v) is 17.2. The molecule has 0 aliphatic heterocycles. The van der Waals surface area contributed by atoms with Crippen LogP contribution in [-0.4, -0.2) is 39.6 Å². The molecule has 5 aromatic rings. The van der Waals surface area contributed by atoms with E-state index < -0.39 is 11.2 Å². The van der Waals surface area contributed by atoms with E-state index in [-0.39, 0.29) is 11.2 Å². The number of H-pyrrole nitrogens is 1. The summed E-state index contributed by atoms with van der Waals surface area (Å²) in [5, 5.41) is 10.2.